The van der Waals surface area contributed by atoms with E-state index in [1.54, 1.807) is 35.8 Å². The fourth-order valence-corrected chi connectivity index (χ4v) is 5.12. The molecule has 1 fully saturated rings. The normalized spacial score (nSPS) is 28.9. The molecule has 1 saturated heterocycles. The van der Waals surface area contributed by atoms with Crippen LogP contribution in [0.5, 0.6) is 0 Å². The summed E-state index contributed by atoms with van der Waals surface area (Å²) in [7, 11) is 0. The fourth-order valence-electron chi connectivity index (χ4n) is 2.46. The van der Waals surface area contributed by atoms with Crippen LogP contribution in [-0.4, -0.2) is 49.4 Å². The second-order valence-electron chi connectivity index (χ2n) is 4.63. The van der Waals surface area contributed by atoms with Crippen LogP contribution in [0.1, 0.15) is 20.1 Å². The average molecular weight is 331 g/mol. The predicted octanol–water partition coefficient (Wildman–Crippen LogP) is 0.959. The van der Waals surface area contributed by atoms with Gasteiger partial charge in [0.2, 0.25) is 0 Å². The molecule has 2 rings (SSSR count). The molecule has 1 aromatic rings. The van der Waals surface area contributed by atoms with E-state index in [-0.39, 0.29) is 29.0 Å². The van der Waals surface area contributed by atoms with Crippen molar-refractivity contribution in [2.75, 3.05) is 23.8 Å². The fraction of sp³-hybridized carbons (Fsp3) is 0.692. The minimum absolute atomic E-state index is 0.0495. The topological polar surface area (TPSA) is 90.4 Å². The molecule has 0 bridgehead atoms. The number of nitrogen functional groups attached to an aromatic ring is 1. The van der Waals surface area contributed by atoms with Crippen molar-refractivity contribution in [1.82, 2.24) is 9.55 Å². The summed E-state index contributed by atoms with van der Waals surface area (Å²) < 4.78 is 7.41. The third-order valence-corrected chi connectivity index (χ3v) is 6.04. The lowest BCUT2D eigenvalue weighted by molar-refractivity contribution is -0.0224. The molecular formula is C13H21N3O3S2. The molecule has 21 heavy (non-hydrogen) atoms. The van der Waals surface area contributed by atoms with Gasteiger partial charge in [0.15, 0.2) is 6.23 Å². The molecule has 0 saturated carbocycles. The molecule has 0 spiro atoms. The number of hydrogen-bond acceptors (Lipinski definition) is 7. The Morgan fingerprint density at radius 3 is 2.62 bits per heavy atom. The molecule has 0 amide bonds. The Morgan fingerprint density at radius 1 is 1.38 bits per heavy atom. The van der Waals surface area contributed by atoms with Gasteiger partial charge < -0.3 is 15.6 Å². The van der Waals surface area contributed by atoms with E-state index >= 15 is 0 Å². The maximum absolute atomic E-state index is 12.0. The van der Waals surface area contributed by atoms with Crippen LogP contribution in [0.15, 0.2) is 17.1 Å². The maximum Gasteiger partial charge on any atom is 0.351 e. The minimum Gasteiger partial charge on any atom is -0.394 e. The molecule has 0 unspecified atom stereocenters. The Hall–Kier alpha value is -0.700. The molecule has 0 aromatic carbocycles. The van der Waals surface area contributed by atoms with Crippen molar-refractivity contribution >= 4 is 29.3 Å². The summed E-state index contributed by atoms with van der Waals surface area (Å²) in [5.74, 6) is 2.06. The summed E-state index contributed by atoms with van der Waals surface area (Å²) in [6.07, 6.45) is 0.927. The Kier molecular flexibility index (Phi) is 5.98. The molecule has 0 radical (unpaired) electrons. The number of anilines is 1. The van der Waals surface area contributed by atoms with Gasteiger partial charge in [0.25, 0.3) is 0 Å². The first-order valence-corrected chi connectivity index (χ1v) is 9.06. The second kappa shape index (κ2) is 7.53. The van der Waals surface area contributed by atoms with Crippen LogP contribution in [0.4, 0.5) is 5.82 Å². The zero-order chi connectivity index (χ0) is 15.4. The highest BCUT2D eigenvalue weighted by molar-refractivity contribution is 8.03. The predicted molar refractivity (Wildman–Crippen MR) is 87.7 cm³/mol. The summed E-state index contributed by atoms with van der Waals surface area (Å²) in [5.41, 5.74) is 5.12. The van der Waals surface area contributed by atoms with Gasteiger partial charge in [-0.05, 0) is 17.6 Å². The quantitative estimate of drug-likeness (QED) is 0.802. The van der Waals surface area contributed by atoms with Crippen molar-refractivity contribution in [2.24, 2.45) is 0 Å². The molecule has 1 aliphatic heterocycles. The number of hydrogen-bond donors (Lipinski definition) is 2. The monoisotopic (exact) mass is 331 g/mol. The van der Waals surface area contributed by atoms with E-state index in [2.05, 4.69) is 18.8 Å². The van der Waals surface area contributed by atoms with E-state index < -0.39 is 11.9 Å². The van der Waals surface area contributed by atoms with Gasteiger partial charge in [0, 0.05) is 11.4 Å². The Balaban J connectivity index is 2.34. The van der Waals surface area contributed by atoms with Gasteiger partial charge in [0.05, 0.1) is 18.0 Å². The lowest BCUT2D eigenvalue weighted by atomic mass is 10.2. The van der Waals surface area contributed by atoms with Crippen molar-refractivity contribution in [3.63, 3.8) is 0 Å². The van der Waals surface area contributed by atoms with Gasteiger partial charge in [-0.1, -0.05) is 13.8 Å². The number of ether oxygens (including phenoxy) is 1. The SMILES string of the molecule is CCS[C@@H]1[C@H](SCC)[C@@H](CO)O[C@H]1n1ccc(N)nc1=O. The molecule has 8 heteroatoms. The van der Waals surface area contributed by atoms with Crippen LogP contribution in [0.3, 0.4) is 0 Å². The van der Waals surface area contributed by atoms with Crippen LogP contribution >= 0.6 is 23.5 Å². The van der Waals surface area contributed by atoms with Crippen molar-refractivity contribution in [3.8, 4) is 0 Å². The summed E-state index contributed by atoms with van der Waals surface area (Å²) in [5, 5.41) is 9.81. The highest BCUT2D eigenvalue weighted by Crippen LogP contribution is 2.42. The molecule has 3 N–H and O–H groups in total. The smallest absolute Gasteiger partial charge is 0.351 e. The van der Waals surface area contributed by atoms with Gasteiger partial charge in [-0.3, -0.25) is 4.57 Å². The molecule has 6 nitrogen and oxygen atoms in total. The minimum atomic E-state index is -0.420. The number of nitrogens with two attached hydrogens (primary N) is 1. The van der Waals surface area contributed by atoms with Gasteiger partial charge in [-0.2, -0.15) is 28.5 Å². The number of aliphatic hydroxyl groups excluding tert-OH is 1. The van der Waals surface area contributed by atoms with E-state index in [0.717, 1.165) is 11.5 Å². The highest BCUT2D eigenvalue weighted by Gasteiger charge is 2.45. The number of rotatable bonds is 6. The summed E-state index contributed by atoms with van der Waals surface area (Å²) >= 11 is 3.51. The largest absolute Gasteiger partial charge is 0.394 e. The standard InChI is InChI=1S/C13H21N3O3S2/c1-3-20-10-8(7-17)19-12(11(10)21-4-2)16-6-5-9(14)15-13(16)18/h5-6,8,10-12,17H,3-4,7H2,1-2H3,(H2,14,15,18)/t8-,10-,11-,12-/m1/s1. The first kappa shape index (κ1) is 16.7. The zero-order valence-electron chi connectivity index (χ0n) is 12.1. The Morgan fingerprint density at radius 2 is 2.05 bits per heavy atom. The van der Waals surface area contributed by atoms with Gasteiger partial charge >= 0.3 is 5.69 Å². The number of aromatic nitrogens is 2. The van der Waals surface area contributed by atoms with Crippen LogP contribution in [0.2, 0.25) is 0 Å². The second-order valence-corrected chi connectivity index (χ2v) is 7.54. The average Bonchev–Trinajstić information content (AvgIpc) is 2.78. The van der Waals surface area contributed by atoms with Crippen molar-refractivity contribution in [3.05, 3.63) is 22.7 Å². The van der Waals surface area contributed by atoms with Gasteiger partial charge in [0.1, 0.15) is 5.82 Å². The van der Waals surface area contributed by atoms with E-state index in [1.165, 1.54) is 4.57 Å². The van der Waals surface area contributed by atoms with Crippen LogP contribution in [-0.2, 0) is 4.74 Å². The first-order chi connectivity index (χ1) is 10.1. The van der Waals surface area contributed by atoms with Crippen molar-refractivity contribution in [1.29, 1.82) is 0 Å². The van der Waals surface area contributed by atoms with Crippen LogP contribution in [0, 0.1) is 0 Å². The molecule has 4 atom stereocenters. The molecular weight excluding hydrogens is 310 g/mol. The lowest BCUT2D eigenvalue weighted by Crippen LogP contribution is -2.33. The first-order valence-electron chi connectivity index (χ1n) is 6.96. The Labute approximate surface area is 132 Å². The number of aliphatic hydroxyl groups is 1. The molecule has 118 valence electrons. The third-order valence-electron chi connectivity index (χ3n) is 3.31. The molecule has 1 aromatic heterocycles. The molecule has 0 aliphatic carbocycles. The van der Waals surface area contributed by atoms with E-state index in [0.29, 0.717) is 0 Å². The van der Waals surface area contributed by atoms with E-state index in [9.17, 15) is 9.90 Å². The van der Waals surface area contributed by atoms with Crippen LogP contribution in [0.25, 0.3) is 0 Å². The van der Waals surface area contributed by atoms with Crippen LogP contribution < -0.4 is 11.4 Å². The number of nitrogens with zero attached hydrogens (tertiary/aromatic N) is 2. The maximum atomic E-state index is 12.0. The molecule has 2 heterocycles. The van der Waals surface area contributed by atoms with Gasteiger partial charge in [-0.25, -0.2) is 4.79 Å². The lowest BCUT2D eigenvalue weighted by Gasteiger charge is -2.23. The Bertz CT molecular complexity index is 526. The van der Waals surface area contributed by atoms with E-state index in [1.807, 2.05) is 0 Å². The molecule has 1 aliphatic rings. The summed E-state index contributed by atoms with van der Waals surface area (Å²) in [6, 6.07) is 1.59. The highest BCUT2D eigenvalue weighted by atomic mass is 32.2. The number of thioether (sulfide) groups is 2. The van der Waals surface area contributed by atoms with E-state index in [4.69, 9.17) is 10.5 Å². The zero-order valence-corrected chi connectivity index (χ0v) is 13.8. The van der Waals surface area contributed by atoms with Gasteiger partial charge in [-0.15, -0.1) is 0 Å². The third kappa shape index (κ3) is 3.56. The van der Waals surface area contributed by atoms with Crippen molar-refractivity contribution in [2.45, 2.75) is 36.7 Å². The summed E-state index contributed by atoms with van der Waals surface area (Å²) in [6.45, 7) is 4.11. The summed E-state index contributed by atoms with van der Waals surface area (Å²) in [4.78, 5) is 15.8. The van der Waals surface area contributed by atoms with Crippen molar-refractivity contribution < 1.29 is 9.84 Å².